The molecule has 120 valence electrons. The number of carbonyl (C=O) groups excluding carboxylic acids is 1. The molecule has 23 heavy (non-hydrogen) atoms. The average Bonchev–Trinajstić information content (AvgIpc) is 3.48. The average molecular weight is 347 g/mol. The molecule has 2 saturated carbocycles. The molecule has 3 nitrogen and oxygen atoms in total. The van der Waals surface area contributed by atoms with Crippen LogP contribution >= 0.6 is 22.9 Å². The zero-order valence-corrected chi connectivity index (χ0v) is 14.6. The predicted molar refractivity (Wildman–Crippen MR) is 93.1 cm³/mol. The molecule has 1 atom stereocenters. The molecule has 0 spiro atoms. The van der Waals surface area contributed by atoms with Crippen molar-refractivity contribution < 1.29 is 4.79 Å². The van der Waals surface area contributed by atoms with Crippen molar-refractivity contribution in [1.82, 2.24) is 9.88 Å². The zero-order chi connectivity index (χ0) is 16.0. The molecule has 4 rings (SSSR count). The van der Waals surface area contributed by atoms with Gasteiger partial charge in [0.15, 0.2) is 0 Å². The number of carbonyl (C=O) groups is 1. The number of amides is 1. The Morgan fingerprint density at radius 2 is 1.96 bits per heavy atom. The maximum atomic E-state index is 13.0. The number of aromatic nitrogens is 1. The Kier molecular flexibility index (Phi) is 3.90. The van der Waals surface area contributed by atoms with Gasteiger partial charge in [0.1, 0.15) is 4.88 Å². The Morgan fingerprint density at radius 3 is 2.57 bits per heavy atom. The van der Waals surface area contributed by atoms with Crippen molar-refractivity contribution in [3.63, 3.8) is 0 Å². The monoisotopic (exact) mass is 346 g/mol. The van der Waals surface area contributed by atoms with Crippen molar-refractivity contribution in [2.75, 3.05) is 0 Å². The molecule has 0 N–H and O–H groups in total. The quantitative estimate of drug-likeness (QED) is 0.759. The highest BCUT2D eigenvalue weighted by Gasteiger charge is 2.38. The topological polar surface area (TPSA) is 33.2 Å². The normalized spacial score (nSPS) is 18.7. The van der Waals surface area contributed by atoms with Crippen LogP contribution in [0.1, 0.15) is 64.8 Å². The van der Waals surface area contributed by atoms with Crippen LogP contribution in [0.3, 0.4) is 0 Å². The standard InChI is InChI=1S/C18H19ClN2OS/c1-11(12-4-6-14(19)7-5-12)21(15-8-9-15)18(22)16-10-20-17(23-16)13-2-3-13/h4-7,10-11,13,15H,2-3,8-9H2,1H3. The summed E-state index contributed by atoms with van der Waals surface area (Å²) < 4.78 is 0. The summed E-state index contributed by atoms with van der Waals surface area (Å²) in [4.78, 5) is 20.3. The highest BCUT2D eigenvalue weighted by molar-refractivity contribution is 7.13. The molecule has 2 aromatic rings. The number of halogens is 1. The van der Waals surface area contributed by atoms with Crippen LogP contribution < -0.4 is 0 Å². The van der Waals surface area contributed by atoms with Gasteiger partial charge < -0.3 is 4.90 Å². The molecule has 0 aliphatic heterocycles. The summed E-state index contributed by atoms with van der Waals surface area (Å²) in [7, 11) is 0. The second kappa shape index (κ2) is 5.91. The van der Waals surface area contributed by atoms with Crippen LogP contribution in [0.4, 0.5) is 0 Å². The third-order valence-electron chi connectivity index (χ3n) is 4.61. The van der Waals surface area contributed by atoms with Crippen LogP contribution in [0.2, 0.25) is 5.02 Å². The van der Waals surface area contributed by atoms with Gasteiger partial charge >= 0.3 is 0 Å². The van der Waals surface area contributed by atoms with Crippen molar-refractivity contribution in [2.24, 2.45) is 0 Å². The van der Waals surface area contributed by atoms with Crippen LogP contribution in [0, 0.1) is 0 Å². The van der Waals surface area contributed by atoms with Crippen LogP contribution in [0.15, 0.2) is 30.5 Å². The fourth-order valence-corrected chi connectivity index (χ4v) is 4.10. The van der Waals surface area contributed by atoms with Crippen LogP contribution in [0.25, 0.3) is 0 Å². The van der Waals surface area contributed by atoms with E-state index in [4.69, 9.17) is 11.6 Å². The van der Waals surface area contributed by atoms with Gasteiger partial charge in [-0.2, -0.15) is 0 Å². The largest absolute Gasteiger partial charge is 0.328 e. The van der Waals surface area contributed by atoms with Crippen LogP contribution in [-0.2, 0) is 0 Å². The minimum Gasteiger partial charge on any atom is -0.328 e. The lowest BCUT2D eigenvalue weighted by Crippen LogP contribution is -2.35. The number of rotatable bonds is 5. The van der Waals surface area contributed by atoms with E-state index in [1.165, 1.54) is 12.8 Å². The Bertz CT molecular complexity index is 719. The number of hydrogen-bond donors (Lipinski definition) is 0. The molecular formula is C18H19ClN2OS. The molecule has 0 bridgehead atoms. The van der Waals surface area contributed by atoms with Crippen molar-refractivity contribution in [2.45, 2.75) is 50.6 Å². The SMILES string of the molecule is CC(c1ccc(Cl)cc1)N(C(=O)c1cnc(C2CC2)s1)C1CC1. The summed E-state index contributed by atoms with van der Waals surface area (Å²) in [5.74, 6) is 0.726. The molecule has 2 aliphatic rings. The highest BCUT2D eigenvalue weighted by Crippen LogP contribution is 2.43. The summed E-state index contributed by atoms with van der Waals surface area (Å²) in [5, 5.41) is 1.85. The lowest BCUT2D eigenvalue weighted by atomic mass is 10.1. The number of benzene rings is 1. The maximum absolute atomic E-state index is 13.0. The summed E-state index contributed by atoms with van der Waals surface area (Å²) in [6.45, 7) is 2.10. The molecule has 1 unspecified atom stereocenters. The third-order valence-corrected chi connectivity index (χ3v) is 6.01. The van der Waals surface area contributed by atoms with Gasteiger partial charge in [-0.3, -0.25) is 4.79 Å². The first-order valence-electron chi connectivity index (χ1n) is 8.17. The predicted octanol–water partition coefficient (Wildman–Crippen LogP) is 5.04. The van der Waals surface area contributed by atoms with E-state index >= 15 is 0 Å². The Morgan fingerprint density at radius 1 is 1.26 bits per heavy atom. The molecule has 0 saturated heterocycles. The maximum Gasteiger partial charge on any atom is 0.266 e. The summed E-state index contributed by atoms with van der Waals surface area (Å²) in [6, 6.07) is 8.22. The molecular weight excluding hydrogens is 328 g/mol. The highest BCUT2D eigenvalue weighted by atomic mass is 35.5. The van der Waals surface area contributed by atoms with E-state index in [1.54, 1.807) is 17.5 Å². The number of nitrogens with zero attached hydrogens (tertiary/aromatic N) is 2. The molecule has 1 aromatic carbocycles. The molecule has 5 heteroatoms. The fourth-order valence-electron chi connectivity index (χ4n) is 2.95. The first kappa shape index (κ1) is 15.2. The Hall–Kier alpha value is -1.39. The number of hydrogen-bond acceptors (Lipinski definition) is 3. The molecule has 2 aliphatic carbocycles. The van der Waals surface area contributed by atoms with Gasteiger partial charge in [-0.25, -0.2) is 4.98 Å². The van der Waals surface area contributed by atoms with Crippen molar-refractivity contribution in [3.05, 3.63) is 50.9 Å². The molecule has 1 aromatic heterocycles. The van der Waals surface area contributed by atoms with E-state index in [-0.39, 0.29) is 11.9 Å². The smallest absolute Gasteiger partial charge is 0.266 e. The zero-order valence-electron chi connectivity index (χ0n) is 13.0. The van der Waals surface area contributed by atoms with Crippen LogP contribution in [-0.4, -0.2) is 21.8 Å². The van der Waals surface area contributed by atoms with Crippen molar-refractivity contribution >= 4 is 28.8 Å². The van der Waals surface area contributed by atoms with Crippen molar-refractivity contribution in [3.8, 4) is 0 Å². The minimum atomic E-state index is 0.0544. The van der Waals surface area contributed by atoms with Crippen molar-refractivity contribution in [1.29, 1.82) is 0 Å². The summed E-state index contributed by atoms with van der Waals surface area (Å²) >= 11 is 7.56. The Labute approximate surface area is 145 Å². The summed E-state index contributed by atoms with van der Waals surface area (Å²) in [5.41, 5.74) is 1.13. The van der Waals surface area contributed by atoms with Gasteiger partial charge in [0.25, 0.3) is 5.91 Å². The van der Waals surface area contributed by atoms with E-state index in [1.807, 2.05) is 29.2 Å². The first-order valence-corrected chi connectivity index (χ1v) is 9.37. The molecule has 1 amide bonds. The van der Waals surface area contributed by atoms with Gasteiger partial charge in [0, 0.05) is 17.0 Å². The van der Waals surface area contributed by atoms with Gasteiger partial charge in [0.2, 0.25) is 0 Å². The first-order chi connectivity index (χ1) is 11.1. The van der Waals surface area contributed by atoms with Gasteiger partial charge in [-0.1, -0.05) is 23.7 Å². The van der Waals surface area contributed by atoms with E-state index in [9.17, 15) is 4.79 Å². The van der Waals surface area contributed by atoms with E-state index in [0.29, 0.717) is 12.0 Å². The minimum absolute atomic E-state index is 0.0544. The lowest BCUT2D eigenvalue weighted by Gasteiger charge is -2.29. The van der Waals surface area contributed by atoms with Gasteiger partial charge in [-0.05, 0) is 50.3 Å². The second-order valence-electron chi connectivity index (χ2n) is 6.51. The molecule has 0 radical (unpaired) electrons. The number of thiazole rings is 1. The molecule has 1 heterocycles. The van der Waals surface area contributed by atoms with Gasteiger partial charge in [0.05, 0.1) is 17.2 Å². The fraction of sp³-hybridized carbons (Fsp3) is 0.444. The molecule has 2 fully saturated rings. The second-order valence-corrected chi connectivity index (χ2v) is 8.01. The van der Waals surface area contributed by atoms with E-state index in [0.717, 1.165) is 33.3 Å². The Balaban J connectivity index is 1.58. The lowest BCUT2D eigenvalue weighted by molar-refractivity contribution is 0.0679. The van der Waals surface area contributed by atoms with Crippen LogP contribution in [0.5, 0.6) is 0 Å². The van der Waals surface area contributed by atoms with E-state index < -0.39 is 0 Å². The third kappa shape index (κ3) is 3.15. The van der Waals surface area contributed by atoms with E-state index in [2.05, 4.69) is 11.9 Å². The summed E-state index contributed by atoms with van der Waals surface area (Å²) in [6.07, 6.45) is 6.39. The van der Waals surface area contributed by atoms with Gasteiger partial charge in [-0.15, -0.1) is 11.3 Å².